The largest absolute Gasteiger partial charge is 0.371 e. The normalized spacial score (nSPS) is 13.1. The van der Waals surface area contributed by atoms with E-state index in [2.05, 4.69) is 30.7 Å². The van der Waals surface area contributed by atoms with Crippen LogP contribution in [0.4, 0.5) is 0 Å². The monoisotopic (exact) mass is 256 g/mol. The molecule has 0 amide bonds. The minimum Gasteiger partial charge on any atom is -0.371 e. The summed E-state index contributed by atoms with van der Waals surface area (Å²) in [6.07, 6.45) is 1.92. The van der Waals surface area contributed by atoms with Crippen molar-refractivity contribution in [3.8, 4) is 0 Å². The number of nitrogens with zero attached hydrogens (tertiary/aromatic N) is 2. The van der Waals surface area contributed by atoms with E-state index in [9.17, 15) is 0 Å². The molecule has 0 saturated heterocycles. The fourth-order valence-electron chi connectivity index (χ4n) is 1.64. The first-order valence-electron chi connectivity index (χ1n) is 6.24. The van der Waals surface area contributed by atoms with Gasteiger partial charge in [-0.2, -0.15) is 0 Å². The lowest BCUT2D eigenvalue weighted by atomic mass is 10.1. The molecule has 96 valence electrons. The number of hydrogen-bond acceptors (Lipinski definition) is 3. The van der Waals surface area contributed by atoms with Crippen LogP contribution in [-0.4, -0.2) is 16.6 Å². The summed E-state index contributed by atoms with van der Waals surface area (Å²) in [5, 5.41) is 0.500. The molecule has 1 unspecified atom stereocenters. The van der Waals surface area contributed by atoms with E-state index in [-0.39, 0.29) is 6.10 Å². The molecule has 1 aromatic heterocycles. The number of aromatic nitrogens is 2. The highest BCUT2D eigenvalue weighted by Crippen LogP contribution is 2.23. The lowest BCUT2D eigenvalue weighted by Gasteiger charge is -2.16. The summed E-state index contributed by atoms with van der Waals surface area (Å²) in [5.74, 6) is 1.06. The molecule has 1 heterocycles. The maximum absolute atomic E-state index is 6.03. The van der Waals surface area contributed by atoms with E-state index in [1.165, 1.54) is 0 Å². The van der Waals surface area contributed by atoms with Gasteiger partial charge in [-0.05, 0) is 25.3 Å². The highest BCUT2D eigenvalue weighted by Gasteiger charge is 2.16. The molecule has 1 rings (SSSR count). The molecular formula is C13H21ClN2O. The van der Waals surface area contributed by atoms with Crippen LogP contribution in [0.15, 0.2) is 6.07 Å². The summed E-state index contributed by atoms with van der Waals surface area (Å²) < 4.78 is 5.67. The van der Waals surface area contributed by atoms with Crippen LogP contribution in [0.2, 0.25) is 5.15 Å². The van der Waals surface area contributed by atoms with E-state index in [4.69, 9.17) is 16.3 Å². The van der Waals surface area contributed by atoms with Gasteiger partial charge in [0.15, 0.2) is 5.82 Å². The fraction of sp³-hybridized carbons (Fsp3) is 0.692. The van der Waals surface area contributed by atoms with Crippen LogP contribution in [0.25, 0.3) is 0 Å². The van der Waals surface area contributed by atoms with Crippen molar-refractivity contribution in [3.05, 3.63) is 22.7 Å². The first kappa shape index (κ1) is 14.4. The average Bonchev–Trinajstić information content (AvgIpc) is 2.28. The van der Waals surface area contributed by atoms with Crippen LogP contribution in [0.5, 0.6) is 0 Å². The van der Waals surface area contributed by atoms with Crippen molar-refractivity contribution >= 4 is 11.6 Å². The summed E-state index contributed by atoms with van der Waals surface area (Å²) in [6.45, 7) is 8.96. The molecule has 0 N–H and O–H groups in total. The van der Waals surface area contributed by atoms with Gasteiger partial charge in [0.25, 0.3) is 0 Å². The molecule has 0 aliphatic heterocycles. The first-order chi connectivity index (χ1) is 8.08. The third-order valence-electron chi connectivity index (χ3n) is 2.53. The molecule has 0 aliphatic carbocycles. The third kappa shape index (κ3) is 4.25. The topological polar surface area (TPSA) is 35.0 Å². The van der Waals surface area contributed by atoms with Gasteiger partial charge in [0.1, 0.15) is 11.3 Å². The number of halogens is 1. The Morgan fingerprint density at radius 2 is 2.00 bits per heavy atom. The Morgan fingerprint density at radius 1 is 1.29 bits per heavy atom. The summed E-state index contributed by atoms with van der Waals surface area (Å²) in [4.78, 5) is 8.83. The average molecular weight is 257 g/mol. The SMILES string of the molecule is CCCC(OCC)c1nc(Cl)cc(C(C)C)n1. The number of hydrogen-bond donors (Lipinski definition) is 0. The molecule has 4 heteroatoms. The van der Waals surface area contributed by atoms with Crippen molar-refractivity contribution in [1.82, 2.24) is 9.97 Å². The molecule has 0 fully saturated rings. The van der Waals surface area contributed by atoms with Gasteiger partial charge in [-0.3, -0.25) is 0 Å². The van der Waals surface area contributed by atoms with E-state index in [0.717, 1.165) is 18.5 Å². The maximum atomic E-state index is 6.03. The Labute approximate surface area is 109 Å². The predicted molar refractivity (Wildman–Crippen MR) is 70.4 cm³/mol. The highest BCUT2D eigenvalue weighted by atomic mass is 35.5. The summed E-state index contributed by atoms with van der Waals surface area (Å²) in [6, 6.07) is 1.82. The summed E-state index contributed by atoms with van der Waals surface area (Å²) >= 11 is 6.03. The first-order valence-corrected chi connectivity index (χ1v) is 6.62. The second-order valence-corrected chi connectivity index (χ2v) is 4.75. The van der Waals surface area contributed by atoms with Gasteiger partial charge in [-0.15, -0.1) is 0 Å². The molecule has 3 nitrogen and oxygen atoms in total. The molecule has 0 aliphatic rings. The zero-order chi connectivity index (χ0) is 12.8. The predicted octanol–water partition coefficient (Wildman–Crippen LogP) is 4.13. The van der Waals surface area contributed by atoms with Gasteiger partial charge in [0, 0.05) is 12.3 Å². The van der Waals surface area contributed by atoms with Gasteiger partial charge in [-0.1, -0.05) is 38.8 Å². The second kappa shape index (κ2) is 6.92. The fourth-order valence-corrected chi connectivity index (χ4v) is 1.84. The van der Waals surface area contributed by atoms with Crippen LogP contribution < -0.4 is 0 Å². The quantitative estimate of drug-likeness (QED) is 0.718. The molecule has 17 heavy (non-hydrogen) atoms. The summed E-state index contributed by atoms with van der Waals surface area (Å²) in [7, 11) is 0. The van der Waals surface area contributed by atoms with Crippen LogP contribution in [0.3, 0.4) is 0 Å². The Morgan fingerprint density at radius 3 is 2.53 bits per heavy atom. The zero-order valence-corrected chi connectivity index (χ0v) is 11.8. The van der Waals surface area contributed by atoms with Gasteiger partial charge >= 0.3 is 0 Å². The maximum Gasteiger partial charge on any atom is 0.159 e. The molecule has 0 bridgehead atoms. The standard InChI is InChI=1S/C13H21ClN2O/c1-5-7-11(17-6-2)13-15-10(9(3)4)8-12(14)16-13/h8-9,11H,5-7H2,1-4H3. The van der Waals surface area contributed by atoms with E-state index < -0.39 is 0 Å². The lowest BCUT2D eigenvalue weighted by Crippen LogP contribution is -2.11. The molecule has 1 atom stereocenters. The van der Waals surface area contributed by atoms with Crippen LogP contribution in [-0.2, 0) is 4.74 Å². The van der Waals surface area contributed by atoms with Crippen LogP contribution in [0, 0.1) is 0 Å². The molecule has 0 aromatic carbocycles. The summed E-state index contributed by atoms with van der Waals surface area (Å²) in [5.41, 5.74) is 0.973. The number of rotatable bonds is 6. The van der Waals surface area contributed by atoms with Gasteiger partial charge in [0.05, 0.1) is 0 Å². The van der Waals surface area contributed by atoms with E-state index >= 15 is 0 Å². The Bertz CT molecular complexity index is 349. The highest BCUT2D eigenvalue weighted by molar-refractivity contribution is 6.29. The van der Waals surface area contributed by atoms with Crippen molar-refractivity contribution in [2.75, 3.05) is 6.61 Å². The third-order valence-corrected chi connectivity index (χ3v) is 2.72. The van der Waals surface area contributed by atoms with Crippen molar-refractivity contribution in [1.29, 1.82) is 0 Å². The van der Waals surface area contributed by atoms with E-state index in [1.54, 1.807) is 0 Å². The Kier molecular flexibility index (Phi) is 5.86. The van der Waals surface area contributed by atoms with E-state index in [1.807, 2.05) is 13.0 Å². The smallest absolute Gasteiger partial charge is 0.159 e. The van der Waals surface area contributed by atoms with Crippen LogP contribution >= 0.6 is 11.6 Å². The van der Waals surface area contributed by atoms with Gasteiger partial charge in [-0.25, -0.2) is 9.97 Å². The molecule has 0 saturated carbocycles. The minimum absolute atomic E-state index is 0.0406. The second-order valence-electron chi connectivity index (χ2n) is 4.36. The van der Waals surface area contributed by atoms with Crippen molar-refractivity contribution in [2.45, 2.75) is 52.6 Å². The van der Waals surface area contributed by atoms with Crippen molar-refractivity contribution in [2.24, 2.45) is 0 Å². The molecule has 0 radical (unpaired) electrons. The van der Waals surface area contributed by atoms with Crippen molar-refractivity contribution < 1.29 is 4.74 Å². The Balaban J connectivity index is 3.00. The molecular weight excluding hydrogens is 236 g/mol. The Hall–Kier alpha value is -0.670. The van der Waals surface area contributed by atoms with Crippen LogP contribution in [0.1, 0.15) is 64.1 Å². The minimum atomic E-state index is -0.0406. The zero-order valence-electron chi connectivity index (χ0n) is 11.0. The van der Waals surface area contributed by atoms with E-state index in [0.29, 0.717) is 23.5 Å². The molecule has 0 spiro atoms. The lowest BCUT2D eigenvalue weighted by molar-refractivity contribution is 0.0492. The number of ether oxygens (including phenoxy) is 1. The van der Waals surface area contributed by atoms with Crippen molar-refractivity contribution in [3.63, 3.8) is 0 Å². The van der Waals surface area contributed by atoms with Gasteiger partial charge in [0.2, 0.25) is 0 Å². The molecule has 1 aromatic rings. The van der Waals surface area contributed by atoms with Gasteiger partial charge < -0.3 is 4.74 Å².